The molecule has 2 N–H and O–H groups in total. The molecule has 5 nitrogen and oxygen atoms in total. The Kier molecular flexibility index (Phi) is 6.24. The van der Waals surface area contributed by atoms with E-state index in [1.54, 1.807) is 0 Å². The van der Waals surface area contributed by atoms with Crippen LogP contribution in [0.5, 0.6) is 5.88 Å². The first-order valence-corrected chi connectivity index (χ1v) is 8.32. The number of nitrogens with zero attached hydrogens (tertiary/aromatic N) is 1. The summed E-state index contributed by atoms with van der Waals surface area (Å²) in [6.07, 6.45) is 0. The van der Waals surface area contributed by atoms with Crippen molar-refractivity contribution in [2.45, 2.75) is 27.4 Å². The number of carbonyl (C=O) groups excluding carboxylic acids is 1. The van der Waals surface area contributed by atoms with Crippen LogP contribution in [0, 0.1) is 30.3 Å². The second-order valence-corrected chi connectivity index (χ2v) is 6.63. The van der Waals surface area contributed by atoms with Gasteiger partial charge >= 0.3 is 6.03 Å². The minimum atomic E-state index is -1.28. The van der Waals surface area contributed by atoms with Crippen molar-refractivity contribution in [2.24, 2.45) is 5.92 Å². The van der Waals surface area contributed by atoms with Gasteiger partial charge in [-0.15, -0.1) is 0 Å². The second kappa shape index (κ2) is 8.19. The Morgan fingerprint density at radius 1 is 1.28 bits per heavy atom. The molecule has 0 bridgehead atoms. The monoisotopic (exact) mass is 373 g/mol. The molecule has 0 saturated heterocycles. The Hall–Kier alpha value is -2.29. The third-order valence-electron chi connectivity index (χ3n) is 3.20. The molecule has 0 atom stereocenters. The minimum Gasteiger partial charge on any atom is -0.472 e. The molecule has 0 spiro atoms. The van der Waals surface area contributed by atoms with E-state index in [9.17, 15) is 18.0 Å². The predicted octanol–water partition coefficient (Wildman–Crippen LogP) is 4.23. The van der Waals surface area contributed by atoms with Gasteiger partial charge in [0.2, 0.25) is 5.88 Å². The third-order valence-corrected chi connectivity index (χ3v) is 3.88. The Morgan fingerprint density at radius 2 is 2.00 bits per heavy atom. The zero-order valence-electron chi connectivity index (χ0n) is 14.0. The zero-order valence-corrected chi connectivity index (χ0v) is 14.8. The van der Waals surface area contributed by atoms with Crippen LogP contribution in [0.15, 0.2) is 12.1 Å². The van der Waals surface area contributed by atoms with Gasteiger partial charge in [0.15, 0.2) is 11.6 Å². The third kappa shape index (κ3) is 5.09. The molecule has 0 fully saturated rings. The van der Waals surface area contributed by atoms with Crippen LogP contribution in [0.3, 0.4) is 0 Å². The summed E-state index contributed by atoms with van der Waals surface area (Å²) in [6, 6.07) is 1.94. The quantitative estimate of drug-likeness (QED) is 0.745. The number of hydrogen-bond donors (Lipinski definition) is 2. The standard InChI is InChI=1S/C16H18F3N3O2S/c1-8(2)6-20-16(23)21-13-5-12(22-25-13)24-7-10-11(17)4-9(3)14(18)15(10)19/h4-5,8H,6-7H2,1-3H3,(H2,20,21,23). The van der Waals surface area contributed by atoms with E-state index >= 15 is 0 Å². The molecular weight excluding hydrogens is 355 g/mol. The summed E-state index contributed by atoms with van der Waals surface area (Å²) < 4.78 is 50.1. The first kappa shape index (κ1) is 19.0. The van der Waals surface area contributed by atoms with Crippen molar-refractivity contribution in [3.8, 4) is 5.88 Å². The molecule has 25 heavy (non-hydrogen) atoms. The molecule has 1 aromatic carbocycles. The number of benzene rings is 1. The highest BCUT2D eigenvalue weighted by atomic mass is 32.1. The fourth-order valence-electron chi connectivity index (χ4n) is 1.87. The number of aromatic nitrogens is 1. The molecular formula is C16H18F3N3O2S. The van der Waals surface area contributed by atoms with Crippen LogP contribution in [-0.4, -0.2) is 16.9 Å². The highest BCUT2D eigenvalue weighted by Crippen LogP contribution is 2.25. The first-order valence-electron chi connectivity index (χ1n) is 7.55. The van der Waals surface area contributed by atoms with Gasteiger partial charge in [-0.1, -0.05) is 13.8 Å². The van der Waals surface area contributed by atoms with Crippen LogP contribution in [0.4, 0.5) is 23.0 Å². The number of rotatable bonds is 6. The number of amides is 2. The highest BCUT2D eigenvalue weighted by molar-refractivity contribution is 7.10. The summed E-state index contributed by atoms with van der Waals surface area (Å²) in [5, 5.41) is 5.65. The lowest BCUT2D eigenvalue weighted by molar-refractivity contribution is 0.251. The van der Waals surface area contributed by atoms with Gasteiger partial charge in [-0.25, -0.2) is 18.0 Å². The molecule has 2 rings (SSSR count). The van der Waals surface area contributed by atoms with Gasteiger partial charge in [0.05, 0.1) is 5.56 Å². The van der Waals surface area contributed by atoms with Crippen molar-refractivity contribution in [1.29, 1.82) is 0 Å². The van der Waals surface area contributed by atoms with Crippen LogP contribution < -0.4 is 15.4 Å². The maximum Gasteiger partial charge on any atom is 0.319 e. The topological polar surface area (TPSA) is 63.2 Å². The second-order valence-electron chi connectivity index (χ2n) is 5.83. The predicted molar refractivity (Wildman–Crippen MR) is 89.4 cm³/mol. The number of aryl methyl sites for hydroxylation is 1. The van der Waals surface area contributed by atoms with E-state index in [0.717, 1.165) is 17.6 Å². The summed E-state index contributed by atoms with van der Waals surface area (Å²) in [5.74, 6) is -2.89. The Labute approximate surface area is 147 Å². The lowest BCUT2D eigenvalue weighted by Crippen LogP contribution is -2.31. The molecule has 2 aromatic rings. The van der Waals surface area contributed by atoms with Crippen LogP contribution in [0.2, 0.25) is 0 Å². The van der Waals surface area contributed by atoms with Gasteiger partial charge in [0.1, 0.15) is 17.4 Å². The van der Waals surface area contributed by atoms with E-state index in [1.807, 2.05) is 13.8 Å². The molecule has 1 aromatic heterocycles. The van der Waals surface area contributed by atoms with Gasteiger partial charge in [-0.05, 0) is 36.0 Å². The van der Waals surface area contributed by atoms with Crippen molar-refractivity contribution in [3.63, 3.8) is 0 Å². The van der Waals surface area contributed by atoms with Gasteiger partial charge < -0.3 is 10.1 Å². The van der Waals surface area contributed by atoms with Crippen molar-refractivity contribution < 1.29 is 22.7 Å². The lowest BCUT2D eigenvalue weighted by Gasteiger charge is -2.08. The molecule has 0 aliphatic carbocycles. The van der Waals surface area contributed by atoms with Gasteiger partial charge in [-0.2, -0.15) is 4.37 Å². The average Bonchev–Trinajstić information content (AvgIpc) is 2.98. The van der Waals surface area contributed by atoms with Crippen LogP contribution >= 0.6 is 11.5 Å². The number of halogens is 3. The van der Waals surface area contributed by atoms with Crippen LogP contribution in [0.1, 0.15) is 25.0 Å². The van der Waals surface area contributed by atoms with Crippen molar-refractivity contribution in [2.75, 3.05) is 11.9 Å². The zero-order chi connectivity index (χ0) is 18.6. The average molecular weight is 373 g/mol. The van der Waals surface area contributed by atoms with Crippen LogP contribution in [-0.2, 0) is 6.61 Å². The first-order chi connectivity index (χ1) is 11.8. The maximum absolute atomic E-state index is 13.8. The van der Waals surface area contributed by atoms with Gasteiger partial charge in [0.25, 0.3) is 0 Å². The molecule has 0 radical (unpaired) electrons. The van der Waals surface area contributed by atoms with E-state index in [4.69, 9.17) is 4.74 Å². The number of urea groups is 1. The fourth-order valence-corrected chi connectivity index (χ4v) is 2.45. The normalized spacial score (nSPS) is 10.8. The van der Waals surface area contributed by atoms with E-state index in [-0.39, 0.29) is 17.5 Å². The van der Waals surface area contributed by atoms with E-state index in [1.165, 1.54) is 13.0 Å². The molecule has 0 aliphatic heterocycles. The van der Waals surface area contributed by atoms with E-state index in [2.05, 4.69) is 15.0 Å². The molecule has 0 saturated carbocycles. The van der Waals surface area contributed by atoms with Crippen LogP contribution in [0.25, 0.3) is 0 Å². The number of hydrogen-bond acceptors (Lipinski definition) is 4. The highest BCUT2D eigenvalue weighted by Gasteiger charge is 2.18. The maximum atomic E-state index is 13.8. The van der Waals surface area contributed by atoms with Gasteiger partial charge in [0, 0.05) is 12.6 Å². The van der Waals surface area contributed by atoms with Crippen molar-refractivity contribution in [3.05, 3.63) is 40.7 Å². The Morgan fingerprint density at radius 3 is 2.68 bits per heavy atom. The number of carbonyl (C=O) groups is 1. The summed E-state index contributed by atoms with van der Waals surface area (Å²) >= 11 is 0.953. The minimum absolute atomic E-state index is 0.0731. The van der Waals surface area contributed by atoms with Gasteiger partial charge in [-0.3, -0.25) is 5.32 Å². The number of ether oxygens (including phenoxy) is 1. The summed E-state index contributed by atoms with van der Waals surface area (Å²) in [6.45, 7) is 5.20. The number of anilines is 1. The van der Waals surface area contributed by atoms with Crippen molar-refractivity contribution in [1.82, 2.24) is 9.69 Å². The molecule has 0 aliphatic rings. The number of nitrogens with one attached hydrogen (secondary N) is 2. The van der Waals surface area contributed by atoms with Crippen molar-refractivity contribution >= 4 is 22.6 Å². The largest absolute Gasteiger partial charge is 0.472 e. The summed E-state index contributed by atoms with van der Waals surface area (Å²) in [4.78, 5) is 11.6. The van der Waals surface area contributed by atoms with E-state index < -0.39 is 29.6 Å². The molecule has 1 heterocycles. The summed E-state index contributed by atoms with van der Waals surface area (Å²) in [7, 11) is 0. The molecule has 9 heteroatoms. The Bertz CT molecular complexity index is 765. The lowest BCUT2D eigenvalue weighted by atomic mass is 10.1. The smallest absolute Gasteiger partial charge is 0.319 e. The van der Waals surface area contributed by atoms with E-state index in [0.29, 0.717) is 17.5 Å². The molecule has 2 amide bonds. The fraction of sp³-hybridized carbons (Fsp3) is 0.375. The Balaban J connectivity index is 1.96. The molecule has 136 valence electrons. The summed E-state index contributed by atoms with van der Waals surface area (Å²) in [5.41, 5.74) is -0.633. The SMILES string of the molecule is Cc1cc(F)c(COc2cc(NC(=O)NCC(C)C)sn2)c(F)c1F. The molecule has 0 unspecified atom stereocenters.